The molecule has 0 aromatic heterocycles. The number of alkyl halides is 1. The molecule has 0 aliphatic heterocycles. The van der Waals surface area contributed by atoms with Crippen molar-refractivity contribution in [2.45, 2.75) is 6.42 Å². The normalized spacial score (nSPS) is 9.43. The summed E-state index contributed by atoms with van der Waals surface area (Å²) in [5.74, 6) is 0.757. The molecule has 0 spiro atoms. The first-order chi connectivity index (χ1) is 3.41. The molecule has 0 radical (unpaired) electrons. The zero-order valence-electron chi connectivity index (χ0n) is 4.32. The van der Waals surface area contributed by atoms with E-state index >= 15 is 0 Å². The molecule has 0 N–H and O–H groups in total. The first-order valence-corrected chi connectivity index (χ1v) is 3.04. The van der Waals surface area contributed by atoms with Crippen molar-refractivity contribution in [3.05, 3.63) is 0 Å². The Hall–Kier alpha value is 0.240. The van der Waals surface area contributed by atoms with Crippen molar-refractivity contribution in [1.82, 2.24) is 0 Å². The Morgan fingerprint density at radius 3 is 2.86 bits per heavy atom. The van der Waals surface area contributed by atoms with E-state index < -0.39 is 0 Å². The molecule has 0 atom stereocenters. The molecule has 1 nitrogen and oxygen atoms in total. The standard InChI is InChI=1S/C4H9FOS/c1-6-7-4-2-3-5/h2-4H2,1H3. The first kappa shape index (κ1) is 7.24. The lowest BCUT2D eigenvalue weighted by molar-refractivity contribution is 0.471. The van der Waals surface area contributed by atoms with Crippen molar-refractivity contribution in [3.8, 4) is 0 Å². The van der Waals surface area contributed by atoms with Gasteiger partial charge in [-0.1, -0.05) is 0 Å². The van der Waals surface area contributed by atoms with Crippen LogP contribution >= 0.6 is 12.0 Å². The highest BCUT2D eigenvalue weighted by atomic mass is 32.2. The van der Waals surface area contributed by atoms with Crippen molar-refractivity contribution in [3.63, 3.8) is 0 Å². The van der Waals surface area contributed by atoms with Gasteiger partial charge >= 0.3 is 0 Å². The number of hydrogen-bond donors (Lipinski definition) is 0. The zero-order valence-corrected chi connectivity index (χ0v) is 5.13. The molecule has 0 aliphatic carbocycles. The van der Waals surface area contributed by atoms with Gasteiger partial charge in [0.25, 0.3) is 0 Å². The monoisotopic (exact) mass is 124 g/mol. The largest absolute Gasteiger partial charge is 0.319 e. The van der Waals surface area contributed by atoms with Gasteiger partial charge in [-0.3, -0.25) is 4.39 Å². The summed E-state index contributed by atoms with van der Waals surface area (Å²) in [5, 5.41) is 0. The third-order valence-electron chi connectivity index (χ3n) is 0.479. The summed E-state index contributed by atoms with van der Waals surface area (Å²) in [4.78, 5) is 0. The molecule has 3 heteroatoms. The minimum absolute atomic E-state index is 0.240. The van der Waals surface area contributed by atoms with Crippen LogP contribution in [-0.4, -0.2) is 19.5 Å². The van der Waals surface area contributed by atoms with E-state index in [0.29, 0.717) is 6.42 Å². The average molecular weight is 124 g/mol. The Labute approximate surface area is 47.4 Å². The second kappa shape index (κ2) is 6.24. The van der Waals surface area contributed by atoms with Crippen molar-refractivity contribution >= 4 is 12.0 Å². The Kier molecular flexibility index (Phi) is 6.45. The zero-order chi connectivity index (χ0) is 5.54. The van der Waals surface area contributed by atoms with Crippen LogP contribution in [0.1, 0.15) is 6.42 Å². The van der Waals surface area contributed by atoms with Gasteiger partial charge < -0.3 is 4.18 Å². The number of halogens is 1. The molecule has 0 fully saturated rings. The summed E-state index contributed by atoms with van der Waals surface area (Å²) in [6, 6.07) is 0. The molecular weight excluding hydrogens is 115 g/mol. The highest BCUT2D eigenvalue weighted by molar-refractivity contribution is 7.94. The molecule has 0 bridgehead atoms. The van der Waals surface area contributed by atoms with Gasteiger partial charge in [0.05, 0.1) is 13.8 Å². The molecule has 0 aromatic carbocycles. The second-order valence-corrected chi connectivity index (χ2v) is 2.01. The van der Waals surface area contributed by atoms with Crippen LogP contribution in [0.5, 0.6) is 0 Å². The van der Waals surface area contributed by atoms with Gasteiger partial charge in [0.1, 0.15) is 0 Å². The van der Waals surface area contributed by atoms with E-state index in [1.165, 1.54) is 12.0 Å². The fourth-order valence-electron chi connectivity index (χ4n) is 0.197. The Morgan fingerprint density at radius 2 is 2.43 bits per heavy atom. The van der Waals surface area contributed by atoms with Crippen LogP contribution in [0.3, 0.4) is 0 Å². The fraction of sp³-hybridized carbons (Fsp3) is 1.00. The maximum Gasteiger partial charge on any atom is 0.0903 e. The lowest BCUT2D eigenvalue weighted by Gasteiger charge is -1.90. The minimum Gasteiger partial charge on any atom is -0.319 e. The molecular formula is C4H9FOS. The van der Waals surface area contributed by atoms with Crippen LogP contribution in [0.2, 0.25) is 0 Å². The van der Waals surface area contributed by atoms with Crippen LogP contribution < -0.4 is 0 Å². The summed E-state index contributed by atoms with van der Waals surface area (Å²) < 4.78 is 15.8. The maximum atomic E-state index is 11.2. The number of rotatable bonds is 4. The molecule has 0 saturated carbocycles. The van der Waals surface area contributed by atoms with Gasteiger partial charge in [-0.25, -0.2) is 0 Å². The molecule has 0 heterocycles. The summed E-state index contributed by atoms with van der Waals surface area (Å²) >= 11 is 1.29. The van der Waals surface area contributed by atoms with Gasteiger partial charge in [0, 0.05) is 5.75 Å². The Balaban J connectivity index is 2.45. The molecule has 0 amide bonds. The number of hydrogen-bond acceptors (Lipinski definition) is 2. The first-order valence-electron chi connectivity index (χ1n) is 2.13. The lowest BCUT2D eigenvalue weighted by atomic mass is 10.6. The van der Waals surface area contributed by atoms with Crippen LogP contribution in [0.25, 0.3) is 0 Å². The third kappa shape index (κ3) is 6.24. The predicted molar refractivity (Wildman–Crippen MR) is 30.1 cm³/mol. The molecule has 0 unspecified atom stereocenters. The molecule has 0 aromatic rings. The van der Waals surface area contributed by atoms with E-state index in [0.717, 1.165) is 5.75 Å². The van der Waals surface area contributed by atoms with E-state index in [2.05, 4.69) is 4.18 Å². The van der Waals surface area contributed by atoms with Crippen LogP contribution in [0, 0.1) is 0 Å². The van der Waals surface area contributed by atoms with Crippen molar-refractivity contribution < 1.29 is 8.57 Å². The smallest absolute Gasteiger partial charge is 0.0903 e. The molecule has 0 aliphatic rings. The van der Waals surface area contributed by atoms with Crippen LogP contribution in [0.15, 0.2) is 0 Å². The van der Waals surface area contributed by atoms with E-state index in [-0.39, 0.29) is 6.67 Å². The fourth-order valence-corrected chi connectivity index (χ4v) is 0.590. The minimum atomic E-state index is -0.240. The van der Waals surface area contributed by atoms with E-state index in [1.54, 1.807) is 7.11 Å². The topological polar surface area (TPSA) is 9.23 Å². The van der Waals surface area contributed by atoms with Crippen LogP contribution in [-0.2, 0) is 4.18 Å². The van der Waals surface area contributed by atoms with Crippen molar-refractivity contribution in [1.29, 1.82) is 0 Å². The second-order valence-electron chi connectivity index (χ2n) is 1.03. The van der Waals surface area contributed by atoms with Gasteiger partial charge in [0.2, 0.25) is 0 Å². The highest BCUT2D eigenvalue weighted by Gasteiger charge is 1.83. The lowest BCUT2D eigenvalue weighted by Crippen LogP contribution is -1.79. The molecule has 44 valence electrons. The van der Waals surface area contributed by atoms with Crippen LogP contribution in [0.4, 0.5) is 4.39 Å². The summed E-state index contributed by atoms with van der Waals surface area (Å²) in [6.45, 7) is -0.240. The van der Waals surface area contributed by atoms with E-state index in [4.69, 9.17) is 0 Å². The van der Waals surface area contributed by atoms with Crippen molar-refractivity contribution in [2.24, 2.45) is 0 Å². The van der Waals surface area contributed by atoms with Gasteiger partial charge in [-0.05, 0) is 18.5 Å². The molecule has 0 rings (SSSR count). The molecule has 7 heavy (non-hydrogen) atoms. The Bertz CT molecular complexity index is 30.9. The Morgan fingerprint density at radius 1 is 1.71 bits per heavy atom. The quantitative estimate of drug-likeness (QED) is 0.416. The van der Waals surface area contributed by atoms with E-state index in [9.17, 15) is 4.39 Å². The van der Waals surface area contributed by atoms with Gasteiger partial charge in [-0.2, -0.15) is 0 Å². The molecule has 0 saturated heterocycles. The third-order valence-corrected chi connectivity index (χ3v) is 1.17. The summed E-state index contributed by atoms with van der Waals surface area (Å²) in [6.07, 6.45) is 0.596. The highest BCUT2D eigenvalue weighted by Crippen LogP contribution is 2.00. The van der Waals surface area contributed by atoms with Gasteiger partial charge in [-0.15, -0.1) is 0 Å². The SMILES string of the molecule is COSCCCF. The summed E-state index contributed by atoms with van der Waals surface area (Å²) in [7, 11) is 1.59. The van der Waals surface area contributed by atoms with Crippen molar-refractivity contribution in [2.75, 3.05) is 19.5 Å². The maximum absolute atomic E-state index is 11.2. The van der Waals surface area contributed by atoms with E-state index in [1.807, 2.05) is 0 Å². The average Bonchev–Trinajstić information content (AvgIpc) is 1.69. The van der Waals surface area contributed by atoms with Gasteiger partial charge in [0.15, 0.2) is 0 Å². The predicted octanol–water partition coefficient (Wildman–Crippen LogP) is 1.64. The summed E-state index contributed by atoms with van der Waals surface area (Å²) in [5.41, 5.74) is 0.